The van der Waals surface area contributed by atoms with Gasteiger partial charge in [-0.1, -0.05) is 178 Å². The molecule has 0 amide bonds. The van der Waals surface area contributed by atoms with Crippen LogP contribution < -0.4 is 0 Å². The van der Waals surface area contributed by atoms with Crippen molar-refractivity contribution in [1.29, 1.82) is 0 Å². The Hall–Kier alpha value is -9.91. The Balaban J connectivity index is 0.000000122. The van der Waals surface area contributed by atoms with Crippen LogP contribution in [0.4, 0.5) is 0 Å². The lowest BCUT2D eigenvalue weighted by Gasteiger charge is -2.09. The molecule has 0 saturated carbocycles. The molecule has 368 valence electrons. The molecule has 76 heavy (non-hydrogen) atoms. The van der Waals surface area contributed by atoms with E-state index < -0.39 is 0 Å². The van der Waals surface area contributed by atoms with E-state index in [9.17, 15) is 0 Å². The largest absolute Gasteiger partial charge is 0.361 e. The van der Waals surface area contributed by atoms with E-state index in [1.165, 1.54) is 60.4 Å². The molecule has 5 heterocycles. The number of fused-ring (bicyclic) bond motifs is 5. The Morgan fingerprint density at radius 1 is 0.395 bits per heavy atom. The molecule has 13 aromatic rings. The number of hydrogen-bond acceptors (Lipinski definition) is 1. The van der Waals surface area contributed by atoms with Gasteiger partial charge in [-0.3, -0.25) is 4.99 Å². The minimum Gasteiger partial charge on any atom is -0.361 e. The summed E-state index contributed by atoms with van der Waals surface area (Å²) in [5, 5.41) is 6.10. The van der Waals surface area contributed by atoms with Crippen molar-refractivity contribution in [3.63, 3.8) is 0 Å². The maximum Gasteiger partial charge on any atom is 0.0878 e. The summed E-state index contributed by atoms with van der Waals surface area (Å²) < 4.78 is 0. The van der Waals surface area contributed by atoms with Gasteiger partial charge in [-0.15, -0.1) is 0 Å². The van der Waals surface area contributed by atoms with Gasteiger partial charge in [0.2, 0.25) is 0 Å². The normalized spacial score (nSPS) is 12.2. The molecule has 0 unspecified atom stereocenters. The second-order valence-electron chi connectivity index (χ2n) is 19.0. The van der Waals surface area contributed by atoms with E-state index in [1.54, 1.807) is 0 Å². The number of rotatable bonds is 9. The third-order valence-electron chi connectivity index (χ3n) is 14.2. The smallest absolute Gasteiger partial charge is 0.0878 e. The molecule has 0 saturated heterocycles. The number of para-hydroxylation sites is 4. The zero-order chi connectivity index (χ0) is 50.7. The van der Waals surface area contributed by atoms with Crippen molar-refractivity contribution in [2.75, 3.05) is 7.05 Å². The van der Waals surface area contributed by atoms with E-state index in [2.05, 4.69) is 268 Å². The lowest BCUT2D eigenvalue weighted by molar-refractivity contribution is 1.29. The number of aliphatic imine (C=N–C) groups is 1. The van der Waals surface area contributed by atoms with E-state index in [0.717, 1.165) is 84.7 Å². The van der Waals surface area contributed by atoms with Crippen molar-refractivity contribution in [3.8, 4) is 22.5 Å². The third-order valence-corrected chi connectivity index (χ3v) is 14.2. The molecule has 0 bridgehead atoms. The van der Waals surface area contributed by atoms with Crippen LogP contribution in [0.15, 0.2) is 267 Å². The summed E-state index contributed by atoms with van der Waals surface area (Å²) in [6.45, 7) is 8.61. The first-order valence-electron chi connectivity index (χ1n) is 25.3. The molecule has 0 atom stereocenters. The fraction of sp³-hybridized carbons (Fsp3) is 0.0429. The standard InChI is InChI=1S/C24H19N3.C24H18N2.C21H17N.CH4/c1-25-24(23-15-18-8-3-5-12-21(18)27-23)19-10-6-9-16(13-19)22-14-17-7-2-4-11-20(17)26-22;1-16(18-9-10-22-21(14-18)11-12-25-22)17-6-4-7-19(13-17)24-15-20-5-2-3-8-23(20)26-24;1-15(16-7-3-2-4-8-16)17-11-12-19(13-17)21-14-18-9-5-6-10-20(18)22-21;/h2-15,26-27H,1H3;2-15,25-26H,1H2;2-12,14,22H,1,13H2;1H4. The minimum absolute atomic E-state index is 0. The molecule has 0 aliphatic heterocycles. The topological polar surface area (TPSA) is 91.3 Å². The highest BCUT2D eigenvalue weighted by molar-refractivity contribution is 6.14. The molecule has 1 aliphatic rings. The van der Waals surface area contributed by atoms with Gasteiger partial charge >= 0.3 is 0 Å². The van der Waals surface area contributed by atoms with Gasteiger partial charge in [-0.05, 0) is 140 Å². The molecule has 6 nitrogen and oxygen atoms in total. The zero-order valence-electron chi connectivity index (χ0n) is 41.7. The highest BCUT2D eigenvalue weighted by atomic mass is 14.8. The Bertz CT molecular complexity index is 4200. The zero-order valence-corrected chi connectivity index (χ0v) is 41.7. The molecule has 8 aromatic carbocycles. The fourth-order valence-electron chi connectivity index (χ4n) is 10.2. The number of aromatic amines is 5. The summed E-state index contributed by atoms with van der Waals surface area (Å²) in [7, 11) is 1.84. The highest BCUT2D eigenvalue weighted by Crippen LogP contribution is 2.36. The number of allylic oxidation sites excluding steroid dienone is 5. The van der Waals surface area contributed by atoms with Crippen molar-refractivity contribution in [2.45, 2.75) is 13.8 Å². The average molecular weight is 983 g/mol. The molecular weight excluding hydrogens is 925 g/mol. The predicted molar refractivity (Wildman–Crippen MR) is 325 cm³/mol. The average Bonchev–Trinajstić information content (AvgIpc) is 4.34. The summed E-state index contributed by atoms with van der Waals surface area (Å²) in [5.74, 6) is 0. The second-order valence-corrected chi connectivity index (χ2v) is 19.0. The lowest BCUT2D eigenvalue weighted by Crippen LogP contribution is -2.03. The number of benzene rings is 8. The minimum atomic E-state index is 0. The second kappa shape index (κ2) is 21.3. The number of nitrogens with zero attached hydrogens (tertiary/aromatic N) is 1. The first-order valence-corrected chi connectivity index (χ1v) is 25.3. The monoisotopic (exact) mass is 982 g/mol. The third kappa shape index (κ3) is 9.95. The predicted octanol–water partition coefficient (Wildman–Crippen LogP) is 18.4. The van der Waals surface area contributed by atoms with Crippen molar-refractivity contribution < 1.29 is 0 Å². The molecule has 0 radical (unpaired) electrons. The van der Waals surface area contributed by atoms with E-state index >= 15 is 0 Å². The van der Waals surface area contributed by atoms with Gasteiger partial charge in [0.25, 0.3) is 0 Å². The van der Waals surface area contributed by atoms with Crippen molar-refractivity contribution in [1.82, 2.24) is 24.9 Å². The summed E-state index contributed by atoms with van der Waals surface area (Å²) in [6.07, 6.45) is 7.29. The SMILES string of the molecule is C.C=C(C1=CC=C(c2cc3ccccc3[nH]2)C1)c1ccccc1.C=C(c1cccc(-c2cc3ccccc3[nH]2)c1)c1ccc2[nH]ccc2c1.CN=C(c1cccc(-c2cc3ccccc3[nH]2)c1)c1cc2ccccc2[nH]1. The number of nitrogens with one attached hydrogen (secondary N) is 5. The van der Waals surface area contributed by atoms with Gasteiger partial charge in [0.05, 0.1) is 11.4 Å². The van der Waals surface area contributed by atoms with Crippen LogP contribution in [0.25, 0.3) is 93.7 Å². The Morgan fingerprint density at radius 2 is 0.882 bits per heavy atom. The molecule has 6 heteroatoms. The molecular formula is C70H58N6. The van der Waals surface area contributed by atoms with Crippen LogP contribution in [0.5, 0.6) is 0 Å². The van der Waals surface area contributed by atoms with Crippen molar-refractivity contribution in [3.05, 3.63) is 295 Å². The Morgan fingerprint density at radius 3 is 1.47 bits per heavy atom. The number of aromatic nitrogens is 5. The van der Waals surface area contributed by atoms with E-state index in [1.807, 2.05) is 25.4 Å². The van der Waals surface area contributed by atoms with E-state index in [4.69, 9.17) is 0 Å². The van der Waals surface area contributed by atoms with Gasteiger partial charge < -0.3 is 24.9 Å². The first-order chi connectivity index (χ1) is 36.9. The molecule has 14 rings (SSSR count). The van der Waals surface area contributed by atoms with Gasteiger partial charge in [-0.25, -0.2) is 0 Å². The summed E-state index contributed by atoms with van der Waals surface area (Å²) in [5.41, 5.74) is 22.9. The fourth-order valence-corrected chi connectivity index (χ4v) is 10.2. The molecule has 5 aromatic heterocycles. The van der Waals surface area contributed by atoms with E-state index in [0.29, 0.717) is 0 Å². The van der Waals surface area contributed by atoms with Crippen LogP contribution >= 0.6 is 0 Å². The maximum atomic E-state index is 4.58. The van der Waals surface area contributed by atoms with Crippen molar-refractivity contribution in [2.24, 2.45) is 4.99 Å². The summed E-state index contributed by atoms with van der Waals surface area (Å²) in [4.78, 5) is 21.8. The number of H-pyrrole nitrogens is 5. The van der Waals surface area contributed by atoms with Gasteiger partial charge in [-0.2, -0.15) is 0 Å². The lowest BCUT2D eigenvalue weighted by atomic mass is 9.96. The number of hydrogen-bond donors (Lipinski definition) is 5. The Kier molecular flexibility index (Phi) is 13.5. The summed E-state index contributed by atoms with van der Waals surface area (Å²) in [6, 6.07) is 78.1. The van der Waals surface area contributed by atoms with Crippen LogP contribution in [0.1, 0.15) is 47.5 Å². The van der Waals surface area contributed by atoms with Gasteiger partial charge in [0.1, 0.15) is 0 Å². The quantitative estimate of drug-likeness (QED) is 0.0892. The van der Waals surface area contributed by atoms with Crippen LogP contribution in [-0.2, 0) is 0 Å². The van der Waals surface area contributed by atoms with Gasteiger partial charge in [0, 0.05) is 86.1 Å². The Labute approximate surface area is 443 Å². The van der Waals surface area contributed by atoms with Crippen LogP contribution in [0, 0.1) is 0 Å². The van der Waals surface area contributed by atoms with Crippen molar-refractivity contribution >= 4 is 76.9 Å². The van der Waals surface area contributed by atoms with Gasteiger partial charge in [0.15, 0.2) is 0 Å². The molecule has 1 aliphatic carbocycles. The first kappa shape index (κ1) is 48.4. The highest BCUT2D eigenvalue weighted by Gasteiger charge is 2.16. The molecule has 5 N–H and O–H groups in total. The van der Waals surface area contributed by atoms with E-state index in [-0.39, 0.29) is 7.43 Å². The molecule has 0 fully saturated rings. The van der Waals surface area contributed by atoms with Crippen LogP contribution in [-0.4, -0.2) is 37.7 Å². The molecule has 0 spiro atoms. The van der Waals surface area contributed by atoms with Crippen LogP contribution in [0.3, 0.4) is 0 Å². The van der Waals surface area contributed by atoms with Crippen LogP contribution in [0.2, 0.25) is 0 Å². The summed E-state index contributed by atoms with van der Waals surface area (Å²) >= 11 is 0. The maximum absolute atomic E-state index is 4.58.